The highest BCUT2D eigenvalue weighted by atomic mass is 32.2. The second-order valence-corrected chi connectivity index (χ2v) is 6.84. The molecule has 1 aromatic heterocycles. The number of halogens is 1. The molecule has 0 aliphatic carbocycles. The summed E-state index contributed by atoms with van der Waals surface area (Å²) < 4.78 is 15.0. The predicted molar refractivity (Wildman–Crippen MR) is 81.6 cm³/mol. The number of aromatic nitrogens is 2. The Morgan fingerprint density at radius 1 is 1.35 bits per heavy atom. The molecule has 104 valence electrons. The van der Waals surface area contributed by atoms with Gasteiger partial charge < -0.3 is 5.11 Å². The van der Waals surface area contributed by atoms with Crippen LogP contribution in [0.1, 0.15) is 11.1 Å². The van der Waals surface area contributed by atoms with Gasteiger partial charge in [0.15, 0.2) is 8.68 Å². The molecule has 0 amide bonds. The first kappa shape index (κ1) is 15.3. The minimum absolute atomic E-state index is 0.240. The maximum absolute atomic E-state index is 13.2. The number of aliphatic hydroxyl groups is 1. The molecule has 0 aliphatic rings. The Hall–Kier alpha value is -1.07. The predicted octanol–water partition coefficient (Wildman–Crippen LogP) is 3.04. The summed E-state index contributed by atoms with van der Waals surface area (Å²) in [6, 6.07) is 4.50. The molecular weight excluding hydrogens is 315 g/mol. The van der Waals surface area contributed by atoms with E-state index in [0.29, 0.717) is 11.3 Å². The first-order valence-corrected chi connectivity index (χ1v) is 8.64. The average Bonchev–Trinajstić information content (AvgIpc) is 2.92. The molecule has 3 nitrogen and oxygen atoms in total. The molecule has 2 aromatic rings. The molecular formula is C13H11FN2OS3. The van der Waals surface area contributed by atoms with Gasteiger partial charge in [-0.15, -0.1) is 10.2 Å². The van der Waals surface area contributed by atoms with Gasteiger partial charge in [0.05, 0.1) is 0 Å². The van der Waals surface area contributed by atoms with E-state index in [1.165, 1.54) is 23.5 Å². The van der Waals surface area contributed by atoms with Crippen LogP contribution in [-0.4, -0.2) is 28.2 Å². The van der Waals surface area contributed by atoms with Gasteiger partial charge in [-0.25, -0.2) is 4.39 Å². The number of nitrogens with zero attached hydrogens (tertiary/aromatic N) is 2. The molecule has 0 saturated carbocycles. The summed E-state index contributed by atoms with van der Waals surface area (Å²) in [4.78, 5) is 0. The van der Waals surface area contributed by atoms with E-state index in [1.807, 2.05) is 6.26 Å². The summed E-state index contributed by atoms with van der Waals surface area (Å²) in [6.45, 7) is -0.240. The lowest BCUT2D eigenvalue weighted by Gasteiger charge is -2.03. The molecule has 0 aliphatic heterocycles. The quantitative estimate of drug-likeness (QED) is 0.691. The zero-order chi connectivity index (χ0) is 14.4. The monoisotopic (exact) mass is 326 g/mol. The van der Waals surface area contributed by atoms with Crippen molar-refractivity contribution in [1.82, 2.24) is 10.2 Å². The van der Waals surface area contributed by atoms with Crippen molar-refractivity contribution in [2.75, 3.05) is 12.9 Å². The van der Waals surface area contributed by atoms with Crippen LogP contribution >= 0.6 is 34.9 Å². The summed E-state index contributed by atoms with van der Waals surface area (Å²) in [5, 5.41) is 16.8. The van der Waals surface area contributed by atoms with Crippen LogP contribution in [-0.2, 0) is 5.75 Å². The van der Waals surface area contributed by atoms with Crippen LogP contribution in [0.25, 0.3) is 0 Å². The van der Waals surface area contributed by atoms with Gasteiger partial charge in [0.1, 0.15) is 12.4 Å². The molecule has 0 fully saturated rings. The average molecular weight is 326 g/mol. The summed E-state index contributed by atoms with van der Waals surface area (Å²) in [5.74, 6) is 5.62. The third-order valence-electron chi connectivity index (χ3n) is 2.29. The fourth-order valence-electron chi connectivity index (χ4n) is 1.40. The lowest BCUT2D eigenvalue weighted by Crippen LogP contribution is -1.90. The van der Waals surface area contributed by atoms with Crippen LogP contribution in [0.5, 0.6) is 0 Å². The minimum Gasteiger partial charge on any atom is -0.384 e. The van der Waals surface area contributed by atoms with E-state index in [-0.39, 0.29) is 12.4 Å². The van der Waals surface area contributed by atoms with Gasteiger partial charge in [0, 0.05) is 11.3 Å². The van der Waals surface area contributed by atoms with Crippen molar-refractivity contribution < 1.29 is 9.50 Å². The largest absolute Gasteiger partial charge is 0.384 e. The Bertz CT molecular complexity index is 649. The first-order valence-electron chi connectivity index (χ1n) is 5.61. The van der Waals surface area contributed by atoms with Crippen LogP contribution in [0.3, 0.4) is 0 Å². The van der Waals surface area contributed by atoms with Gasteiger partial charge >= 0.3 is 0 Å². The highest BCUT2D eigenvalue weighted by Gasteiger charge is 2.07. The molecule has 0 unspecified atom stereocenters. The summed E-state index contributed by atoms with van der Waals surface area (Å²) >= 11 is 4.63. The van der Waals surface area contributed by atoms with E-state index >= 15 is 0 Å². The van der Waals surface area contributed by atoms with Crippen LogP contribution in [0.2, 0.25) is 0 Å². The summed E-state index contributed by atoms with van der Waals surface area (Å²) in [5.41, 5.74) is 1.51. The third-order valence-corrected chi connectivity index (χ3v) is 5.37. The zero-order valence-corrected chi connectivity index (χ0v) is 13.0. The van der Waals surface area contributed by atoms with Gasteiger partial charge in [-0.1, -0.05) is 52.8 Å². The molecule has 1 aromatic carbocycles. The topological polar surface area (TPSA) is 46.0 Å². The van der Waals surface area contributed by atoms with Gasteiger partial charge in [0.2, 0.25) is 0 Å². The Kier molecular flexibility index (Phi) is 5.86. The number of rotatable bonds is 4. The second-order valence-electron chi connectivity index (χ2n) is 3.59. The Morgan fingerprint density at radius 3 is 2.85 bits per heavy atom. The van der Waals surface area contributed by atoms with Crippen LogP contribution in [0, 0.1) is 17.7 Å². The molecule has 0 bridgehead atoms. The lowest BCUT2D eigenvalue weighted by molar-refractivity contribution is 0.350. The fourth-order valence-corrected chi connectivity index (χ4v) is 3.85. The van der Waals surface area contributed by atoms with Gasteiger partial charge in [-0.3, -0.25) is 0 Å². The Labute approximate surface area is 129 Å². The van der Waals surface area contributed by atoms with Crippen LogP contribution in [0.4, 0.5) is 4.39 Å². The molecule has 0 radical (unpaired) electrons. The van der Waals surface area contributed by atoms with Crippen molar-refractivity contribution in [3.63, 3.8) is 0 Å². The summed E-state index contributed by atoms with van der Waals surface area (Å²) in [6.07, 6.45) is 1.96. The summed E-state index contributed by atoms with van der Waals surface area (Å²) in [7, 11) is 0. The molecule has 1 N–H and O–H groups in total. The maximum Gasteiger partial charge on any atom is 0.175 e. The number of hydrogen-bond donors (Lipinski definition) is 1. The fraction of sp³-hybridized carbons (Fsp3) is 0.231. The van der Waals surface area contributed by atoms with E-state index in [2.05, 4.69) is 22.0 Å². The molecule has 0 spiro atoms. The second kappa shape index (κ2) is 7.64. The van der Waals surface area contributed by atoms with E-state index in [4.69, 9.17) is 5.11 Å². The minimum atomic E-state index is -0.332. The molecule has 2 rings (SSSR count). The molecule has 20 heavy (non-hydrogen) atoms. The van der Waals surface area contributed by atoms with Gasteiger partial charge in [-0.2, -0.15) is 0 Å². The van der Waals surface area contributed by atoms with E-state index in [9.17, 15) is 4.39 Å². The zero-order valence-electron chi connectivity index (χ0n) is 10.6. The maximum atomic E-state index is 13.2. The van der Waals surface area contributed by atoms with Gasteiger partial charge in [0.25, 0.3) is 0 Å². The van der Waals surface area contributed by atoms with Crippen molar-refractivity contribution in [3.8, 4) is 11.8 Å². The first-order chi connectivity index (χ1) is 9.72. The number of hydrogen-bond acceptors (Lipinski definition) is 6. The van der Waals surface area contributed by atoms with Crippen molar-refractivity contribution in [2.24, 2.45) is 0 Å². The van der Waals surface area contributed by atoms with Crippen molar-refractivity contribution in [1.29, 1.82) is 0 Å². The number of aliphatic hydroxyl groups excluding tert-OH is 1. The van der Waals surface area contributed by atoms with E-state index in [1.54, 1.807) is 29.6 Å². The van der Waals surface area contributed by atoms with Crippen molar-refractivity contribution >= 4 is 34.9 Å². The molecule has 7 heteroatoms. The Morgan fingerprint density at radius 2 is 2.15 bits per heavy atom. The standard InChI is InChI=1S/C13H11FN2OS3/c1-18-12-15-16-13(20-12)19-8-10-4-5-11(14)7-9(10)3-2-6-17/h4-5,7,17H,6,8H2,1H3. The van der Waals surface area contributed by atoms with E-state index < -0.39 is 0 Å². The lowest BCUT2D eigenvalue weighted by atomic mass is 10.1. The SMILES string of the molecule is CSc1nnc(SCc2ccc(F)cc2C#CCO)s1. The number of thioether (sulfide) groups is 2. The Balaban J connectivity index is 2.12. The normalized spacial score (nSPS) is 10.2. The molecule has 1 heterocycles. The van der Waals surface area contributed by atoms with Crippen LogP contribution < -0.4 is 0 Å². The van der Waals surface area contributed by atoms with E-state index in [0.717, 1.165) is 14.2 Å². The van der Waals surface area contributed by atoms with Crippen LogP contribution in [0.15, 0.2) is 26.9 Å². The smallest absolute Gasteiger partial charge is 0.175 e. The molecule has 0 atom stereocenters. The third kappa shape index (κ3) is 4.21. The van der Waals surface area contributed by atoms with Crippen molar-refractivity contribution in [2.45, 2.75) is 14.4 Å². The van der Waals surface area contributed by atoms with Gasteiger partial charge in [-0.05, 0) is 24.0 Å². The molecule has 0 saturated heterocycles. The highest BCUT2D eigenvalue weighted by molar-refractivity contribution is 8.02. The number of benzene rings is 1. The van der Waals surface area contributed by atoms with Crippen molar-refractivity contribution in [3.05, 3.63) is 35.1 Å². The highest BCUT2D eigenvalue weighted by Crippen LogP contribution is 2.30.